The summed E-state index contributed by atoms with van der Waals surface area (Å²) < 4.78 is 13.5. The predicted octanol–water partition coefficient (Wildman–Crippen LogP) is 2.46. The highest BCUT2D eigenvalue weighted by atomic mass is 19.1. The molecule has 0 aromatic heterocycles. The van der Waals surface area contributed by atoms with Gasteiger partial charge in [-0.15, -0.1) is 0 Å². The lowest BCUT2D eigenvalue weighted by molar-refractivity contribution is -0.143. The maximum Gasteiger partial charge on any atom is 0.308 e. The maximum absolute atomic E-state index is 13.5. The van der Waals surface area contributed by atoms with Gasteiger partial charge < -0.3 is 10.0 Å². The van der Waals surface area contributed by atoms with Crippen molar-refractivity contribution in [3.8, 4) is 0 Å². The van der Waals surface area contributed by atoms with Crippen LogP contribution in [0.1, 0.15) is 35.7 Å². The number of carbonyl (C=O) groups is 2. The Balaban J connectivity index is 2.26. The second kappa shape index (κ2) is 5.61. The normalized spacial score (nSPS) is 22.6. The highest BCUT2D eigenvalue weighted by Gasteiger charge is 2.33. The maximum atomic E-state index is 13.5. The summed E-state index contributed by atoms with van der Waals surface area (Å²) >= 11 is 0. The molecule has 1 aliphatic rings. The molecule has 1 aromatic rings. The Morgan fingerprint density at radius 1 is 1.35 bits per heavy atom. The van der Waals surface area contributed by atoms with E-state index in [9.17, 15) is 14.0 Å². The molecule has 0 radical (unpaired) electrons. The number of benzene rings is 1. The molecule has 0 saturated carbocycles. The molecule has 20 heavy (non-hydrogen) atoms. The molecule has 2 atom stereocenters. The van der Waals surface area contributed by atoms with Gasteiger partial charge in [0, 0.05) is 18.2 Å². The summed E-state index contributed by atoms with van der Waals surface area (Å²) in [4.78, 5) is 25.2. The molecule has 5 heteroatoms. The van der Waals surface area contributed by atoms with E-state index in [0.717, 1.165) is 0 Å². The summed E-state index contributed by atoms with van der Waals surface area (Å²) in [6, 6.07) is 4.36. The average Bonchev–Trinajstić information content (AvgIpc) is 2.41. The number of halogens is 1. The topological polar surface area (TPSA) is 57.6 Å². The second-order valence-corrected chi connectivity index (χ2v) is 5.33. The van der Waals surface area contributed by atoms with E-state index in [4.69, 9.17) is 5.11 Å². The summed E-state index contributed by atoms with van der Waals surface area (Å²) in [6.45, 7) is 3.64. The first-order valence-corrected chi connectivity index (χ1v) is 6.70. The minimum atomic E-state index is -0.884. The van der Waals surface area contributed by atoms with Crippen LogP contribution in [0, 0.1) is 18.7 Å². The van der Waals surface area contributed by atoms with Gasteiger partial charge >= 0.3 is 5.97 Å². The van der Waals surface area contributed by atoms with Crippen LogP contribution in [0.2, 0.25) is 0 Å². The monoisotopic (exact) mass is 279 g/mol. The molecule has 0 spiro atoms. The van der Waals surface area contributed by atoms with Gasteiger partial charge in [0.05, 0.1) is 5.92 Å². The number of piperidine rings is 1. The first kappa shape index (κ1) is 14.5. The van der Waals surface area contributed by atoms with E-state index in [1.165, 1.54) is 12.1 Å². The Kier molecular flexibility index (Phi) is 4.06. The van der Waals surface area contributed by atoms with Crippen LogP contribution in [-0.2, 0) is 4.79 Å². The molecule has 0 aliphatic carbocycles. The van der Waals surface area contributed by atoms with Gasteiger partial charge in [0.25, 0.3) is 5.91 Å². The number of likely N-dealkylation sites (tertiary alicyclic amines) is 1. The number of aliphatic carboxylic acids is 1. The van der Waals surface area contributed by atoms with Gasteiger partial charge in [-0.1, -0.05) is 6.07 Å². The van der Waals surface area contributed by atoms with Crippen molar-refractivity contribution < 1.29 is 19.1 Å². The second-order valence-electron chi connectivity index (χ2n) is 5.33. The van der Waals surface area contributed by atoms with Crippen LogP contribution in [-0.4, -0.2) is 34.5 Å². The van der Waals surface area contributed by atoms with Crippen molar-refractivity contribution in [3.05, 3.63) is 35.1 Å². The Labute approximate surface area is 117 Å². The number of nitrogens with zero attached hydrogens (tertiary/aromatic N) is 1. The summed E-state index contributed by atoms with van der Waals surface area (Å²) in [7, 11) is 0. The summed E-state index contributed by atoms with van der Waals surface area (Å²) in [6.07, 6.45) is 1.22. The molecule has 1 saturated heterocycles. The molecule has 108 valence electrons. The van der Waals surface area contributed by atoms with Gasteiger partial charge in [0.1, 0.15) is 5.82 Å². The SMILES string of the molecule is Cc1c(F)cccc1C(=O)N1CC(C(=O)O)CCC1C. The first-order valence-electron chi connectivity index (χ1n) is 6.70. The number of carboxylic acids is 1. The molecule has 1 aliphatic heterocycles. The lowest BCUT2D eigenvalue weighted by Crippen LogP contribution is -2.47. The first-order chi connectivity index (χ1) is 9.41. The van der Waals surface area contributed by atoms with E-state index in [-0.39, 0.29) is 18.5 Å². The highest BCUT2D eigenvalue weighted by molar-refractivity contribution is 5.96. The fourth-order valence-corrected chi connectivity index (χ4v) is 2.59. The van der Waals surface area contributed by atoms with Gasteiger partial charge in [-0.3, -0.25) is 9.59 Å². The fourth-order valence-electron chi connectivity index (χ4n) is 2.59. The van der Waals surface area contributed by atoms with Gasteiger partial charge in [-0.2, -0.15) is 0 Å². The third-order valence-corrected chi connectivity index (χ3v) is 3.99. The molecular weight excluding hydrogens is 261 g/mol. The van der Waals surface area contributed by atoms with E-state index in [0.29, 0.717) is 24.0 Å². The molecule has 0 bridgehead atoms. The molecule has 2 unspecified atom stereocenters. The summed E-state index contributed by atoms with van der Waals surface area (Å²) in [5.74, 6) is -2.13. The number of carboxylic acid groups (broad SMARTS) is 1. The fraction of sp³-hybridized carbons (Fsp3) is 0.467. The quantitative estimate of drug-likeness (QED) is 0.904. The van der Waals surface area contributed by atoms with Crippen molar-refractivity contribution in [1.29, 1.82) is 0 Å². The molecule has 1 N–H and O–H groups in total. The third kappa shape index (κ3) is 2.66. The summed E-state index contributed by atoms with van der Waals surface area (Å²) in [5.41, 5.74) is 0.616. The van der Waals surface area contributed by atoms with E-state index in [1.807, 2.05) is 6.92 Å². The van der Waals surface area contributed by atoms with Crippen molar-refractivity contribution in [1.82, 2.24) is 4.90 Å². The van der Waals surface area contributed by atoms with E-state index in [2.05, 4.69) is 0 Å². The van der Waals surface area contributed by atoms with Crippen molar-refractivity contribution in [2.45, 2.75) is 32.7 Å². The van der Waals surface area contributed by atoms with Crippen LogP contribution in [0.15, 0.2) is 18.2 Å². The van der Waals surface area contributed by atoms with Crippen molar-refractivity contribution >= 4 is 11.9 Å². The van der Waals surface area contributed by atoms with Gasteiger partial charge in [-0.25, -0.2) is 4.39 Å². The van der Waals surface area contributed by atoms with E-state index in [1.54, 1.807) is 17.9 Å². The minimum absolute atomic E-state index is 0.0271. The number of amides is 1. The third-order valence-electron chi connectivity index (χ3n) is 3.99. The smallest absolute Gasteiger partial charge is 0.308 e. The van der Waals surface area contributed by atoms with Crippen LogP contribution in [0.5, 0.6) is 0 Å². The molecular formula is C15H18FNO3. The summed E-state index contributed by atoms with van der Waals surface area (Å²) in [5, 5.41) is 9.10. The van der Waals surface area contributed by atoms with Crippen molar-refractivity contribution in [3.63, 3.8) is 0 Å². The van der Waals surface area contributed by atoms with Crippen LogP contribution in [0.4, 0.5) is 4.39 Å². The minimum Gasteiger partial charge on any atom is -0.481 e. The van der Waals surface area contributed by atoms with Gasteiger partial charge in [0.2, 0.25) is 0 Å². The van der Waals surface area contributed by atoms with Crippen LogP contribution in [0.3, 0.4) is 0 Å². The lowest BCUT2D eigenvalue weighted by Gasteiger charge is -2.36. The van der Waals surface area contributed by atoms with E-state index < -0.39 is 17.7 Å². The van der Waals surface area contributed by atoms with E-state index >= 15 is 0 Å². The van der Waals surface area contributed by atoms with Crippen molar-refractivity contribution in [2.75, 3.05) is 6.54 Å². The predicted molar refractivity (Wildman–Crippen MR) is 72.0 cm³/mol. The zero-order chi connectivity index (χ0) is 14.9. The Hall–Kier alpha value is -1.91. The van der Waals surface area contributed by atoms with Crippen LogP contribution >= 0.6 is 0 Å². The van der Waals surface area contributed by atoms with Crippen LogP contribution in [0.25, 0.3) is 0 Å². The molecule has 1 heterocycles. The Bertz CT molecular complexity index is 544. The standard InChI is InChI=1S/C15H18FNO3/c1-9-6-7-11(15(19)20)8-17(9)14(18)12-4-3-5-13(16)10(12)2/h3-5,9,11H,6-8H2,1-2H3,(H,19,20). The van der Waals surface area contributed by atoms with Crippen molar-refractivity contribution in [2.24, 2.45) is 5.92 Å². The molecule has 1 aromatic carbocycles. The highest BCUT2D eigenvalue weighted by Crippen LogP contribution is 2.25. The average molecular weight is 279 g/mol. The molecule has 2 rings (SSSR count). The Morgan fingerprint density at radius 2 is 2.05 bits per heavy atom. The number of carbonyl (C=O) groups excluding carboxylic acids is 1. The van der Waals surface area contributed by atoms with Gasteiger partial charge in [0.15, 0.2) is 0 Å². The van der Waals surface area contributed by atoms with Crippen LogP contribution < -0.4 is 0 Å². The lowest BCUT2D eigenvalue weighted by atomic mass is 9.92. The largest absolute Gasteiger partial charge is 0.481 e. The van der Waals surface area contributed by atoms with Gasteiger partial charge in [-0.05, 0) is 44.4 Å². The number of hydrogen-bond acceptors (Lipinski definition) is 2. The molecule has 1 fully saturated rings. The Morgan fingerprint density at radius 3 is 2.70 bits per heavy atom. The zero-order valence-electron chi connectivity index (χ0n) is 11.6. The zero-order valence-corrected chi connectivity index (χ0v) is 11.6. The molecule has 1 amide bonds. The molecule has 4 nitrogen and oxygen atoms in total. The number of hydrogen-bond donors (Lipinski definition) is 1. The number of rotatable bonds is 2.